The van der Waals surface area contributed by atoms with Gasteiger partial charge in [-0.3, -0.25) is 4.79 Å². The van der Waals surface area contributed by atoms with Crippen LogP contribution in [-0.2, 0) is 11.3 Å². The summed E-state index contributed by atoms with van der Waals surface area (Å²) in [5, 5.41) is 5.99. The lowest BCUT2D eigenvalue weighted by atomic mass is 10.2. The van der Waals surface area contributed by atoms with Gasteiger partial charge >= 0.3 is 0 Å². The summed E-state index contributed by atoms with van der Waals surface area (Å²) in [5.41, 5.74) is 1.00. The van der Waals surface area contributed by atoms with E-state index in [1.54, 1.807) is 14.0 Å². The Bertz CT molecular complexity index is 435. The number of carbonyl (C=O) groups excluding carboxylic acids is 1. The van der Waals surface area contributed by atoms with E-state index in [-0.39, 0.29) is 5.91 Å². The second kappa shape index (κ2) is 8.43. The van der Waals surface area contributed by atoms with Crippen LogP contribution >= 0.6 is 0 Å². The van der Waals surface area contributed by atoms with Gasteiger partial charge in [0.15, 0.2) is 6.10 Å². The summed E-state index contributed by atoms with van der Waals surface area (Å²) >= 11 is 0. The predicted molar refractivity (Wildman–Crippen MR) is 79.1 cm³/mol. The van der Waals surface area contributed by atoms with Crippen LogP contribution in [0.5, 0.6) is 11.5 Å². The molecule has 0 fully saturated rings. The molecule has 0 aliphatic heterocycles. The molecule has 5 heteroatoms. The van der Waals surface area contributed by atoms with Gasteiger partial charge in [0.25, 0.3) is 5.91 Å². The van der Waals surface area contributed by atoms with Gasteiger partial charge in [0.05, 0.1) is 7.11 Å². The average Bonchev–Trinajstić information content (AvgIpc) is 2.46. The lowest BCUT2D eigenvalue weighted by Gasteiger charge is -2.18. The molecule has 0 saturated carbocycles. The maximum absolute atomic E-state index is 11.7. The Labute approximate surface area is 120 Å². The van der Waals surface area contributed by atoms with E-state index in [4.69, 9.17) is 9.47 Å². The second-order valence-corrected chi connectivity index (χ2v) is 4.41. The molecule has 20 heavy (non-hydrogen) atoms. The van der Waals surface area contributed by atoms with Crippen LogP contribution in [0, 0.1) is 0 Å². The van der Waals surface area contributed by atoms with E-state index in [1.165, 1.54) is 0 Å². The number of carbonyl (C=O) groups is 1. The summed E-state index contributed by atoms with van der Waals surface area (Å²) < 4.78 is 11.0. The molecule has 1 rings (SSSR count). The summed E-state index contributed by atoms with van der Waals surface area (Å²) in [5.74, 6) is 1.26. The van der Waals surface area contributed by atoms with Crippen LogP contribution in [0.4, 0.5) is 0 Å². The standard InChI is InChI=1S/C15H24N2O3/c1-5-16-10-12-7-8-13(19-4)9-14(12)20-11(3)15(18)17-6-2/h7-9,11,16H,5-6,10H2,1-4H3,(H,17,18). The topological polar surface area (TPSA) is 59.6 Å². The van der Waals surface area contributed by atoms with Crippen molar-refractivity contribution < 1.29 is 14.3 Å². The van der Waals surface area contributed by atoms with Crippen molar-refractivity contribution in [1.82, 2.24) is 10.6 Å². The molecule has 1 unspecified atom stereocenters. The van der Waals surface area contributed by atoms with Gasteiger partial charge in [-0.25, -0.2) is 0 Å². The van der Waals surface area contributed by atoms with Crippen molar-refractivity contribution in [3.8, 4) is 11.5 Å². The normalized spacial score (nSPS) is 11.8. The molecule has 0 saturated heterocycles. The Kier molecular flexibility index (Phi) is 6.87. The van der Waals surface area contributed by atoms with Crippen LogP contribution < -0.4 is 20.1 Å². The van der Waals surface area contributed by atoms with Crippen molar-refractivity contribution >= 4 is 5.91 Å². The van der Waals surface area contributed by atoms with Crippen molar-refractivity contribution in [1.29, 1.82) is 0 Å². The van der Waals surface area contributed by atoms with Crippen molar-refractivity contribution in [3.63, 3.8) is 0 Å². The average molecular weight is 280 g/mol. The van der Waals surface area contributed by atoms with Crippen LogP contribution in [0.2, 0.25) is 0 Å². The van der Waals surface area contributed by atoms with Crippen LogP contribution in [0.25, 0.3) is 0 Å². The van der Waals surface area contributed by atoms with E-state index < -0.39 is 6.10 Å². The number of hydrogen-bond donors (Lipinski definition) is 2. The zero-order chi connectivity index (χ0) is 15.0. The number of rotatable bonds is 8. The number of amides is 1. The van der Waals surface area contributed by atoms with Gasteiger partial charge in [0, 0.05) is 24.7 Å². The third-order valence-corrected chi connectivity index (χ3v) is 2.86. The first-order valence-electron chi connectivity index (χ1n) is 6.94. The van der Waals surface area contributed by atoms with Crippen molar-refractivity contribution in [2.45, 2.75) is 33.4 Å². The molecule has 0 bridgehead atoms. The van der Waals surface area contributed by atoms with E-state index in [9.17, 15) is 4.79 Å². The van der Waals surface area contributed by atoms with Gasteiger partial charge in [0.2, 0.25) is 0 Å². The molecule has 1 atom stereocenters. The third kappa shape index (κ3) is 4.74. The lowest BCUT2D eigenvalue weighted by Crippen LogP contribution is -2.36. The highest BCUT2D eigenvalue weighted by Crippen LogP contribution is 2.25. The molecule has 2 N–H and O–H groups in total. The molecular formula is C15H24N2O3. The molecule has 0 aliphatic rings. The second-order valence-electron chi connectivity index (χ2n) is 4.41. The molecule has 1 aromatic carbocycles. The van der Waals surface area contributed by atoms with Gasteiger partial charge in [0.1, 0.15) is 11.5 Å². The third-order valence-electron chi connectivity index (χ3n) is 2.86. The maximum Gasteiger partial charge on any atom is 0.260 e. The summed E-state index contributed by atoms with van der Waals surface area (Å²) in [6.07, 6.45) is -0.539. The highest BCUT2D eigenvalue weighted by atomic mass is 16.5. The SMILES string of the molecule is CCNCc1ccc(OC)cc1OC(C)C(=O)NCC. The molecule has 0 aliphatic carbocycles. The molecule has 0 radical (unpaired) electrons. The fraction of sp³-hybridized carbons (Fsp3) is 0.533. The fourth-order valence-electron chi connectivity index (χ4n) is 1.74. The minimum atomic E-state index is -0.539. The molecule has 0 heterocycles. The molecule has 1 aromatic rings. The minimum absolute atomic E-state index is 0.121. The Morgan fingerprint density at radius 1 is 1.30 bits per heavy atom. The van der Waals surface area contributed by atoms with Crippen molar-refractivity contribution in [2.75, 3.05) is 20.2 Å². The van der Waals surface area contributed by atoms with Crippen LogP contribution in [0.3, 0.4) is 0 Å². The van der Waals surface area contributed by atoms with Gasteiger partial charge in [-0.2, -0.15) is 0 Å². The zero-order valence-corrected chi connectivity index (χ0v) is 12.7. The number of hydrogen-bond acceptors (Lipinski definition) is 4. The van der Waals surface area contributed by atoms with E-state index >= 15 is 0 Å². The van der Waals surface area contributed by atoms with Crippen molar-refractivity contribution in [2.24, 2.45) is 0 Å². The van der Waals surface area contributed by atoms with Crippen molar-refractivity contribution in [3.05, 3.63) is 23.8 Å². The first-order chi connectivity index (χ1) is 9.62. The number of methoxy groups -OCH3 is 1. The quantitative estimate of drug-likeness (QED) is 0.761. The van der Waals surface area contributed by atoms with Crippen LogP contribution in [-0.4, -0.2) is 32.2 Å². The molecule has 0 spiro atoms. The minimum Gasteiger partial charge on any atom is -0.497 e. The monoisotopic (exact) mass is 280 g/mol. The van der Waals surface area contributed by atoms with E-state index in [0.29, 0.717) is 24.6 Å². The number of nitrogens with one attached hydrogen (secondary N) is 2. The Hall–Kier alpha value is -1.75. The molecule has 5 nitrogen and oxygen atoms in total. The number of benzene rings is 1. The van der Waals surface area contributed by atoms with Gasteiger partial charge in [-0.05, 0) is 26.5 Å². The van der Waals surface area contributed by atoms with Gasteiger partial charge < -0.3 is 20.1 Å². The van der Waals surface area contributed by atoms with Crippen LogP contribution in [0.1, 0.15) is 26.3 Å². The number of ether oxygens (including phenoxy) is 2. The number of likely N-dealkylation sites (N-methyl/N-ethyl adjacent to an activating group) is 1. The Morgan fingerprint density at radius 3 is 2.65 bits per heavy atom. The molecule has 112 valence electrons. The smallest absolute Gasteiger partial charge is 0.260 e. The molecule has 1 amide bonds. The highest BCUT2D eigenvalue weighted by Gasteiger charge is 2.16. The largest absolute Gasteiger partial charge is 0.497 e. The van der Waals surface area contributed by atoms with Gasteiger partial charge in [-0.1, -0.05) is 13.0 Å². The first kappa shape index (κ1) is 16.3. The maximum atomic E-state index is 11.7. The summed E-state index contributed by atoms with van der Waals surface area (Å²) in [7, 11) is 1.61. The van der Waals surface area contributed by atoms with Gasteiger partial charge in [-0.15, -0.1) is 0 Å². The lowest BCUT2D eigenvalue weighted by molar-refractivity contribution is -0.127. The molecular weight excluding hydrogens is 256 g/mol. The van der Waals surface area contributed by atoms with Crippen LogP contribution in [0.15, 0.2) is 18.2 Å². The van der Waals surface area contributed by atoms with E-state index in [2.05, 4.69) is 10.6 Å². The fourth-order valence-corrected chi connectivity index (χ4v) is 1.74. The summed E-state index contributed by atoms with van der Waals surface area (Å²) in [6, 6.07) is 5.64. The zero-order valence-electron chi connectivity index (χ0n) is 12.7. The Balaban J connectivity index is 2.86. The summed E-state index contributed by atoms with van der Waals surface area (Å²) in [6.45, 7) is 7.82. The van der Waals surface area contributed by atoms with E-state index in [1.807, 2.05) is 32.0 Å². The highest BCUT2D eigenvalue weighted by molar-refractivity contribution is 5.80. The predicted octanol–water partition coefficient (Wildman–Crippen LogP) is 1.71. The Morgan fingerprint density at radius 2 is 2.05 bits per heavy atom. The van der Waals surface area contributed by atoms with E-state index in [0.717, 1.165) is 12.1 Å². The first-order valence-corrected chi connectivity index (χ1v) is 6.94. The molecule has 0 aromatic heterocycles. The summed E-state index contributed by atoms with van der Waals surface area (Å²) in [4.78, 5) is 11.7.